The Morgan fingerprint density at radius 1 is 1.38 bits per heavy atom. The normalized spacial score (nSPS) is 10.9. The molecule has 2 heterocycles. The van der Waals surface area contributed by atoms with Crippen LogP contribution in [0.25, 0.3) is 5.69 Å². The lowest BCUT2D eigenvalue weighted by Crippen LogP contribution is -2.40. The van der Waals surface area contributed by atoms with Crippen molar-refractivity contribution in [3.05, 3.63) is 36.4 Å². The number of rotatable bonds is 6. The Morgan fingerprint density at radius 2 is 2.12 bits per heavy atom. The molecule has 0 aliphatic heterocycles. The third kappa shape index (κ3) is 4.03. The fourth-order valence-electron chi connectivity index (χ4n) is 2.23. The molecule has 0 N–H and O–H groups in total. The van der Waals surface area contributed by atoms with Crippen molar-refractivity contribution in [3.63, 3.8) is 0 Å². The van der Waals surface area contributed by atoms with E-state index in [-0.39, 0.29) is 17.7 Å². The Bertz CT molecular complexity index is 713. The van der Waals surface area contributed by atoms with Gasteiger partial charge in [-0.3, -0.25) is 14.6 Å². The average Bonchev–Trinajstić information content (AvgIpc) is 2.95. The monoisotopic (exact) mass is 346 g/mol. The van der Waals surface area contributed by atoms with Gasteiger partial charge in [0.15, 0.2) is 0 Å². The number of nitrogens with zero attached hydrogens (tertiary/aromatic N) is 4. The van der Waals surface area contributed by atoms with Gasteiger partial charge in [0.25, 0.3) is 0 Å². The van der Waals surface area contributed by atoms with Gasteiger partial charge in [-0.05, 0) is 25.3 Å². The second-order valence-corrected chi connectivity index (χ2v) is 6.71. The summed E-state index contributed by atoms with van der Waals surface area (Å²) in [5.74, 6) is -0.00699. The number of pyridine rings is 1. The van der Waals surface area contributed by atoms with E-state index in [0.717, 1.165) is 5.69 Å². The highest BCUT2D eigenvalue weighted by molar-refractivity contribution is 7.98. The standard InChI is InChI=1S/C17H22N4O2S/c1-12(2)17(23)21(16(22)7-9-24-4)15-11-20(19-13(15)3)14-6-5-8-18-10-14/h5-6,8,10-12H,7,9H2,1-4H3. The van der Waals surface area contributed by atoms with Gasteiger partial charge < -0.3 is 0 Å². The molecule has 0 saturated carbocycles. The predicted octanol–water partition coefficient (Wildman–Crippen LogP) is 2.84. The number of hydrogen-bond acceptors (Lipinski definition) is 5. The summed E-state index contributed by atoms with van der Waals surface area (Å²) in [6.45, 7) is 5.38. The van der Waals surface area contributed by atoms with Gasteiger partial charge in [-0.25, -0.2) is 9.58 Å². The Morgan fingerprint density at radius 3 is 2.71 bits per heavy atom. The van der Waals surface area contributed by atoms with Gasteiger partial charge in [-0.15, -0.1) is 0 Å². The second-order valence-electron chi connectivity index (χ2n) is 5.72. The molecule has 0 aromatic carbocycles. The van der Waals surface area contributed by atoms with Gasteiger partial charge in [-0.1, -0.05) is 13.8 Å². The van der Waals surface area contributed by atoms with Gasteiger partial charge in [0.2, 0.25) is 11.8 Å². The van der Waals surface area contributed by atoms with Crippen LogP contribution in [0.3, 0.4) is 0 Å². The molecule has 0 bridgehead atoms. The first-order valence-electron chi connectivity index (χ1n) is 7.78. The van der Waals surface area contributed by atoms with Crippen molar-refractivity contribution in [2.75, 3.05) is 16.9 Å². The lowest BCUT2D eigenvalue weighted by molar-refractivity contribution is -0.128. The quantitative estimate of drug-likeness (QED) is 0.804. The third-order valence-corrected chi connectivity index (χ3v) is 4.12. The van der Waals surface area contributed by atoms with Crippen LogP contribution in [0.15, 0.2) is 30.7 Å². The van der Waals surface area contributed by atoms with E-state index in [1.807, 2.05) is 18.4 Å². The number of amides is 2. The zero-order chi connectivity index (χ0) is 17.7. The second kappa shape index (κ2) is 8.10. The minimum Gasteiger partial charge on any atom is -0.274 e. The van der Waals surface area contributed by atoms with Crippen molar-refractivity contribution in [1.82, 2.24) is 14.8 Å². The highest BCUT2D eigenvalue weighted by Gasteiger charge is 2.28. The summed E-state index contributed by atoms with van der Waals surface area (Å²) in [5.41, 5.74) is 1.94. The molecule has 0 aliphatic carbocycles. The summed E-state index contributed by atoms with van der Waals surface area (Å²) in [6.07, 6.45) is 7.33. The molecule has 7 heteroatoms. The van der Waals surface area contributed by atoms with Crippen LogP contribution in [0.4, 0.5) is 5.69 Å². The number of imide groups is 1. The summed E-state index contributed by atoms with van der Waals surface area (Å²) in [7, 11) is 0. The molecule has 128 valence electrons. The summed E-state index contributed by atoms with van der Waals surface area (Å²) in [6, 6.07) is 3.68. The average molecular weight is 346 g/mol. The van der Waals surface area contributed by atoms with Crippen LogP contribution in [0, 0.1) is 12.8 Å². The first kappa shape index (κ1) is 18.2. The Kier molecular flexibility index (Phi) is 6.14. The maximum Gasteiger partial charge on any atom is 0.236 e. The highest BCUT2D eigenvalue weighted by atomic mass is 32.2. The lowest BCUT2D eigenvalue weighted by atomic mass is 10.1. The molecular weight excluding hydrogens is 324 g/mol. The number of hydrogen-bond donors (Lipinski definition) is 0. The number of aromatic nitrogens is 3. The molecule has 0 fully saturated rings. The summed E-state index contributed by atoms with van der Waals surface area (Å²) >= 11 is 1.58. The van der Waals surface area contributed by atoms with E-state index in [0.29, 0.717) is 23.6 Å². The van der Waals surface area contributed by atoms with Crippen molar-refractivity contribution in [2.45, 2.75) is 27.2 Å². The van der Waals surface area contributed by atoms with Gasteiger partial charge >= 0.3 is 0 Å². The molecule has 0 unspecified atom stereocenters. The zero-order valence-electron chi connectivity index (χ0n) is 14.4. The fourth-order valence-corrected chi connectivity index (χ4v) is 2.61. The van der Waals surface area contributed by atoms with E-state index in [1.165, 1.54) is 4.90 Å². The Hall–Kier alpha value is -2.15. The van der Waals surface area contributed by atoms with Gasteiger partial charge in [-0.2, -0.15) is 16.9 Å². The Balaban J connectivity index is 2.41. The molecule has 2 rings (SSSR count). The lowest BCUT2D eigenvalue weighted by Gasteiger charge is -2.22. The molecule has 24 heavy (non-hydrogen) atoms. The fraction of sp³-hybridized carbons (Fsp3) is 0.412. The number of thioether (sulfide) groups is 1. The van der Waals surface area contributed by atoms with E-state index >= 15 is 0 Å². The molecule has 2 aromatic rings. The largest absolute Gasteiger partial charge is 0.274 e. The van der Waals surface area contributed by atoms with Crippen molar-refractivity contribution >= 4 is 29.3 Å². The molecule has 0 radical (unpaired) electrons. The number of carbonyl (C=O) groups excluding carboxylic acids is 2. The summed E-state index contributed by atoms with van der Waals surface area (Å²) in [5, 5.41) is 4.43. The molecule has 0 spiro atoms. The van der Waals surface area contributed by atoms with Crippen LogP contribution < -0.4 is 4.90 Å². The van der Waals surface area contributed by atoms with E-state index < -0.39 is 0 Å². The van der Waals surface area contributed by atoms with Crippen LogP contribution in [-0.2, 0) is 9.59 Å². The smallest absolute Gasteiger partial charge is 0.236 e. The van der Waals surface area contributed by atoms with E-state index in [9.17, 15) is 9.59 Å². The van der Waals surface area contributed by atoms with Crippen LogP contribution in [-0.4, -0.2) is 38.6 Å². The Labute approximate surface area is 146 Å². The van der Waals surface area contributed by atoms with Gasteiger partial charge in [0, 0.05) is 24.3 Å². The molecule has 0 aliphatic rings. The van der Waals surface area contributed by atoms with Crippen LogP contribution in [0.2, 0.25) is 0 Å². The van der Waals surface area contributed by atoms with E-state index in [1.54, 1.807) is 55.8 Å². The van der Waals surface area contributed by atoms with Crippen LogP contribution in [0.1, 0.15) is 26.0 Å². The zero-order valence-corrected chi connectivity index (χ0v) is 15.2. The molecule has 2 aromatic heterocycles. The minimum atomic E-state index is -0.274. The topological polar surface area (TPSA) is 68.1 Å². The molecule has 6 nitrogen and oxygen atoms in total. The maximum absolute atomic E-state index is 12.6. The summed E-state index contributed by atoms with van der Waals surface area (Å²) in [4.78, 5) is 30.5. The molecule has 0 saturated heterocycles. The molecular formula is C17H22N4O2S. The van der Waals surface area contributed by atoms with E-state index in [2.05, 4.69) is 10.1 Å². The summed E-state index contributed by atoms with van der Waals surface area (Å²) < 4.78 is 1.64. The molecule has 2 amide bonds. The predicted molar refractivity (Wildman–Crippen MR) is 96.4 cm³/mol. The van der Waals surface area contributed by atoms with Gasteiger partial charge in [0.05, 0.1) is 29.5 Å². The molecule has 0 atom stereocenters. The SMILES string of the molecule is CSCCC(=O)N(C(=O)C(C)C)c1cn(-c2cccnc2)nc1C. The van der Waals surface area contributed by atoms with Gasteiger partial charge in [0.1, 0.15) is 0 Å². The van der Waals surface area contributed by atoms with Crippen molar-refractivity contribution < 1.29 is 9.59 Å². The first-order chi connectivity index (χ1) is 11.5. The van der Waals surface area contributed by atoms with Crippen LogP contribution >= 0.6 is 11.8 Å². The van der Waals surface area contributed by atoms with Crippen molar-refractivity contribution in [1.29, 1.82) is 0 Å². The minimum absolute atomic E-state index is 0.197. The number of carbonyl (C=O) groups is 2. The third-order valence-electron chi connectivity index (χ3n) is 3.51. The van der Waals surface area contributed by atoms with E-state index in [4.69, 9.17) is 0 Å². The highest BCUT2D eigenvalue weighted by Crippen LogP contribution is 2.24. The maximum atomic E-state index is 12.6. The number of aryl methyl sites for hydroxylation is 1. The van der Waals surface area contributed by atoms with Crippen LogP contribution in [0.5, 0.6) is 0 Å². The first-order valence-corrected chi connectivity index (χ1v) is 9.17. The van der Waals surface area contributed by atoms with Crippen molar-refractivity contribution in [3.8, 4) is 5.69 Å². The van der Waals surface area contributed by atoms with Crippen molar-refractivity contribution in [2.24, 2.45) is 5.92 Å². The number of anilines is 1.